The van der Waals surface area contributed by atoms with E-state index in [2.05, 4.69) is 5.32 Å². The molecule has 6 nitrogen and oxygen atoms in total. The maximum atomic E-state index is 11.8. The van der Waals surface area contributed by atoms with Crippen LogP contribution in [0.1, 0.15) is 32.3 Å². The number of benzene rings is 1. The van der Waals surface area contributed by atoms with Crippen molar-refractivity contribution >= 4 is 17.8 Å². The number of amides is 1. The standard InChI is InChI=1S/C15H20N2O4/c1-3-8-15(16,10(2)18)17-14(21)7-5-11-4-6-12(19)13(20)9-11/h4-7,9,19-20H,3,8,16H2,1-2H3,(H,17,21)/b7-5+. The highest BCUT2D eigenvalue weighted by molar-refractivity contribution is 5.97. The van der Waals surface area contributed by atoms with E-state index < -0.39 is 11.6 Å². The summed E-state index contributed by atoms with van der Waals surface area (Å²) < 4.78 is 0. The van der Waals surface area contributed by atoms with Crippen LogP contribution >= 0.6 is 0 Å². The molecule has 1 aromatic rings. The van der Waals surface area contributed by atoms with E-state index in [0.717, 1.165) is 0 Å². The molecule has 21 heavy (non-hydrogen) atoms. The molecular weight excluding hydrogens is 272 g/mol. The van der Waals surface area contributed by atoms with E-state index in [0.29, 0.717) is 18.4 Å². The molecular formula is C15H20N2O4. The summed E-state index contributed by atoms with van der Waals surface area (Å²) in [7, 11) is 0. The Bertz CT molecular complexity index is 569. The molecule has 0 bridgehead atoms. The van der Waals surface area contributed by atoms with Crippen molar-refractivity contribution in [2.45, 2.75) is 32.4 Å². The molecule has 0 aliphatic rings. The zero-order valence-electron chi connectivity index (χ0n) is 12.1. The van der Waals surface area contributed by atoms with E-state index >= 15 is 0 Å². The molecule has 6 heteroatoms. The molecule has 1 unspecified atom stereocenters. The third kappa shape index (κ3) is 4.61. The maximum absolute atomic E-state index is 11.8. The average molecular weight is 292 g/mol. The van der Waals surface area contributed by atoms with Gasteiger partial charge in [0.2, 0.25) is 5.91 Å². The Hall–Kier alpha value is -2.34. The fourth-order valence-electron chi connectivity index (χ4n) is 1.80. The lowest BCUT2D eigenvalue weighted by atomic mass is 10.0. The number of rotatable bonds is 6. The second-order valence-corrected chi connectivity index (χ2v) is 4.85. The van der Waals surface area contributed by atoms with Gasteiger partial charge in [-0.1, -0.05) is 19.4 Å². The van der Waals surface area contributed by atoms with Gasteiger partial charge in [-0.05, 0) is 37.1 Å². The average Bonchev–Trinajstić information content (AvgIpc) is 2.40. The van der Waals surface area contributed by atoms with Gasteiger partial charge in [0, 0.05) is 6.08 Å². The first-order valence-corrected chi connectivity index (χ1v) is 6.60. The van der Waals surface area contributed by atoms with E-state index in [1.165, 1.54) is 37.3 Å². The number of nitrogens with two attached hydrogens (primary N) is 1. The summed E-state index contributed by atoms with van der Waals surface area (Å²) in [6, 6.07) is 4.16. The van der Waals surface area contributed by atoms with Gasteiger partial charge >= 0.3 is 0 Å². The molecule has 1 rings (SSSR count). The normalized spacial score (nSPS) is 13.9. The first kappa shape index (κ1) is 16.7. The summed E-state index contributed by atoms with van der Waals surface area (Å²) in [5.74, 6) is -1.33. The van der Waals surface area contributed by atoms with Crippen molar-refractivity contribution in [1.29, 1.82) is 0 Å². The van der Waals surface area contributed by atoms with Crippen molar-refractivity contribution in [3.63, 3.8) is 0 Å². The SMILES string of the molecule is CCCC(N)(NC(=O)/C=C/c1ccc(O)c(O)c1)C(C)=O. The largest absolute Gasteiger partial charge is 0.504 e. The van der Waals surface area contributed by atoms with Gasteiger partial charge in [0.25, 0.3) is 0 Å². The number of ketones is 1. The minimum Gasteiger partial charge on any atom is -0.504 e. The Kier molecular flexibility index (Phi) is 5.49. The molecule has 0 aromatic heterocycles. The van der Waals surface area contributed by atoms with E-state index in [1.54, 1.807) is 0 Å². The van der Waals surface area contributed by atoms with E-state index in [1.807, 2.05) is 6.92 Å². The van der Waals surface area contributed by atoms with Crippen LogP contribution in [-0.2, 0) is 9.59 Å². The van der Waals surface area contributed by atoms with Crippen molar-refractivity contribution in [2.24, 2.45) is 5.73 Å². The molecule has 1 atom stereocenters. The van der Waals surface area contributed by atoms with E-state index in [4.69, 9.17) is 5.73 Å². The summed E-state index contributed by atoms with van der Waals surface area (Å²) in [6.07, 6.45) is 3.67. The number of hydrogen-bond acceptors (Lipinski definition) is 5. The molecule has 0 saturated heterocycles. The van der Waals surface area contributed by atoms with Crippen LogP contribution in [0.4, 0.5) is 0 Å². The molecule has 5 N–H and O–H groups in total. The minimum absolute atomic E-state index is 0.239. The fraction of sp³-hybridized carbons (Fsp3) is 0.333. The molecule has 0 aliphatic heterocycles. The number of phenolic OH excluding ortho intramolecular Hbond substituents is 2. The Labute approximate surface area is 123 Å². The van der Waals surface area contributed by atoms with Gasteiger partial charge in [0.1, 0.15) is 5.66 Å². The summed E-state index contributed by atoms with van der Waals surface area (Å²) >= 11 is 0. The van der Waals surface area contributed by atoms with E-state index in [-0.39, 0.29) is 17.3 Å². The lowest BCUT2D eigenvalue weighted by Gasteiger charge is -2.26. The summed E-state index contributed by atoms with van der Waals surface area (Å²) in [6.45, 7) is 3.20. The lowest BCUT2D eigenvalue weighted by molar-refractivity contribution is -0.129. The number of aromatic hydroxyl groups is 2. The van der Waals surface area contributed by atoms with Crippen LogP contribution in [0.2, 0.25) is 0 Å². The van der Waals surface area contributed by atoms with E-state index in [9.17, 15) is 19.8 Å². The molecule has 1 amide bonds. The molecule has 0 saturated carbocycles. The topological polar surface area (TPSA) is 113 Å². The van der Waals surface area contributed by atoms with Crippen LogP contribution in [-0.4, -0.2) is 27.6 Å². The third-order valence-electron chi connectivity index (χ3n) is 3.05. The summed E-state index contributed by atoms with van der Waals surface area (Å²) in [5, 5.41) is 21.0. The molecule has 0 aliphatic carbocycles. The molecule has 0 fully saturated rings. The van der Waals surface area contributed by atoms with Crippen molar-refractivity contribution in [3.05, 3.63) is 29.8 Å². The fourth-order valence-corrected chi connectivity index (χ4v) is 1.80. The van der Waals surface area contributed by atoms with Crippen LogP contribution < -0.4 is 11.1 Å². The van der Waals surface area contributed by atoms with Gasteiger partial charge in [0.15, 0.2) is 17.3 Å². The van der Waals surface area contributed by atoms with Gasteiger partial charge in [-0.15, -0.1) is 0 Å². The highest BCUT2D eigenvalue weighted by Crippen LogP contribution is 2.25. The quantitative estimate of drug-likeness (QED) is 0.358. The number of phenols is 2. The van der Waals surface area contributed by atoms with Crippen LogP contribution in [0.25, 0.3) is 6.08 Å². The highest BCUT2D eigenvalue weighted by Gasteiger charge is 2.30. The van der Waals surface area contributed by atoms with Crippen molar-refractivity contribution < 1.29 is 19.8 Å². The Morgan fingerprint density at radius 1 is 1.33 bits per heavy atom. The highest BCUT2D eigenvalue weighted by atomic mass is 16.3. The van der Waals surface area contributed by atoms with Crippen molar-refractivity contribution in [2.75, 3.05) is 0 Å². The maximum Gasteiger partial charge on any atom is 0.245 e. The van der Waals surface area contributed by atoms with Crippen LogP contribution in [0.5, 0.6) is 11.5 Å². The van der Waals surface area contributed by atoms with Crippen molar-refractivity contribution in [1.82, 2.24) is 5.32 Å². The zero-order chi connectivity index (χ0) is 16.0. The van der Waals surface area contributed by atoms with Gasteiger partial charge in [-0.25, -0.2) is 0 Å². The number of hydrogen-bond donors (Lipinski definition) is 4. The first-order valence-electron chi connectivity index (χ1n) is 6.60. The smallest absolute Gasteiger partial charge is 0.245 e. The van der Waals surface area contributed by atoms with Gasteiger partial charge in [-0.2, -0.15) is 0 Å². The summed E-state index contributed by atoms with van der Waals surface area (Å²) in [4.78, 5) is 23.3. The van der Waals surface area contributed by atoms with Gasteiger partial charge < -0.3 is 21.3 Å². The van der Waals surface area contributed by atoms with Gasteiger partial charge in [-0.3, -0.25) is 9.59 Å². The molecule has 0 heterocycles. The summed E-state index contributed by atoms with van der Waals surface area (Å²) in [5.41, 5.74) is 5.04. The predicted molar refractivity (Wildman–Crippen MR) is 79.5 cm³/mol. The van der Waals surface area contributed by atoms with Crippen LogP contribution in [0.3, 0.4) is 0 Å². The minimum atomic E-state index is -1.37. The molecule has 114 valence electrons. The Morgan fingerprint density at radius 2 is 2.00 bits per heavy atom. The Morgan fingerprint density at radius 3 is 2.52 bits per heavy atom. The second-order valence-electron chi connectivity index (χ2n) is 4.85. The number of nitrogens with one attached hydrogen (secondary N) is 1. The van der Waals surface area contributed by atoms with Crippen LogP contribution in [0, 0.1) is 0 Å². The number of carbonyl (C=O) groups is 2. The lowest BCUT2D eigenvalue weighted by Crippen LogP contribution is -2.60. The second kappa shape index (κ2) is 6.90. The number of Topliss-reactive ketones (excluding diaryl/α,β-unsaturated/α-hetero) is 1. The first-order chi connectivity index (χ1) is 9.78. The third-order valence-corrected chi connectivity index (χ3v) is 3.05. The monoisotopic (exact) mass is 292 g/mol. The van der Waals surface area contributed by atoms with Gasteiger partial charge in [0.05, 0.1) is 0 Å². The van der Waals surface area contributed by atoms with Crippen molar-refractivity contribution in [3.8, 4) is 11.5 Å². The molecule has 1 aromatic carbocycles. The van der Waals surface area contributed by atoms with Crippen LogP contribution in [0.15, 0.2) is 24.3 Å². The predicted octanol–water partition coefficient (Wildman–Crippen LogP) is 1.27. The molecule has 0 radical (unpaired) electrons. The Balaban J connectivity index is 2.78. The molecule has 0 spiro atoms. The zero-order valence-corrected chi connectivity index (χ0v) is 12.1. The number of carbonyl (C=O) groups excluding carboxylic acids is 2.